The first-order valence-corrected chi connectivity index (χ1v) is 6.07. The molecule has 0 bridgehead atoms. The molecular weight excluding hydrogens is 172 g/mol. The van der Waals surface area contributed by atoms with Crippen LogP contribution in [0.5, 0.6) is 0 Å². The monoisotopic (exact) mass is 196 g/mol. The summed E-state index contributed by atoms with van der Waals surface area (Å²) >= 11 is 0. The van der Waals surface area contributed by atoms with Gasteiger partial charge in [-0.05, 0) is 57.7 Å². The molecule has 0 spiro atoms. The minimum Gasteiger partial charge on any atom is -0.319 e. The third-order valence-electron chi connectivity index (χ3n) is 4.21. The maximum Gasteiger partial charge on any atom is 0.0133 e. The van der Waals surface area contributed by atoms with Gasteiger partial charge in [-0.3, -0.25) is 0 Å². The van der Waals surface area contributed by atoms with Crippen molar-refractivity contribution in [1.29, 1.82) is 0 Å². The molecule has 2 nitrogen and oxygen atoms in total. The zero-order valence-electron chi connectivity index (χ0n) is 9.79. The Bertz CT molecular complexity index is 193. The standard InChI is InChI=1S/C12H24N2/c1-9-6-11(9)8-14(3)12-5-4-10(12)7-13-2/h9-13H,4-8H2,1-3H3. The molecule has 2 rings (SSSR count). The second-order valence-corrected chi connectivity index (χ2v) is 5.38. The predicted molar refractivity (Wildman–Crippen MR) is 60.3 cm³/mol. The van der Waals surface area contributed by atoms with Gasteiger partial charge in [0.15, 0.2) is 0 Å². The zero-order valence-corrected chi connectivity index (χ0v) is 9.79. The smallest absolute Gasteiger partial charge is 0.0133 e. The van der Waals surface area contributed by atoms with E-state index in [4.69, 9.17) is 0 Å². The van der Waals surface area contributed by atoms with E-state index in [1.165, 1.54) is 32.4 Å². The van der Waals surface area contributed by atoms with Crippen molar-refractivity contribution in [2.24, 2.45) is 17.8 Å². The van der Waals surface area contributed by atoms with E-state index < -0.39 is 0 Å². The van der Waals surface area contributed by atoms with E-state index in [2.05, 4.69) is 31.2 Å². The fraction of sp³-hybridized carbons (Fsp3) is 1.00. The Morgan fingerprint density at radius 3 is 2.43 bits per heavy atom. The average Bonchev–Trinajstić information content (AvgIpc) is 2.75. The van der Waals surface area contributed by atoms with E-state index >= 15 is 0 Å². The normalized spacial score (nSPS) is 41.1. The van der Waals surface area contributed by atoms with Gasteiger partial charge in [0.1, 0.15) is 0 Å². The molecule has 0 aromatic rings. The molecule has 0 amide bonds. The lowest BCUT2D eigenvalue weighted by molar-refractivity contribution is 0.0804. The van der Waals surface area contributed by atoms with Crippen LogP contribution >= 0.6 is 0 Å². The van der Waals surface area contributed by atoms with Crippen molar-refractivity contribution in [2.75, 3.05) is 27.2 Å². The molecule has 0 aliphatic heterocycles. The van der Waals surface area contributed by atoms with E-state index in [0.29, 0.717) is 0 Å². The van der Waals surface area contributed by atoms with Gasteiger partial charge in [0, 0.05) is 12.6 Å². The molecule has 2 aliphatic carbocycles. The first-order valence-electron chi connectivity index (χ1n) is 6.07. The lowest BCUT2D eigenvalue weighted by atomic mass is 9.78. The molecule has 2 aliphatic rings. The molecule has 0 saturated heterocycles. The van der Waals surface area contributed by atoms with Crippen molar-refractivity contribution < 1.29 is 0 Å². The maximum atomic E-state index is 3.31. The highest BCUT2D eigenvalue weighted by molar-refractivity contribution is 4.92. The lowest BCUT2D eigenvalue weighted by Gasteiger charge is -2.43. The maximum absolute atomic E-state index is 3.31. The minimum absolute atomic E-state index is 0.871. The SMILES string of the molecule is CNCC1CCC1N(C)CC1CC1C. The van der Waals surface area contributed by atoms with Crippen LogP contribution in [0, 0.1) is 17.8 Å². The van der Waals surface area contributed by atoms with Crippen LogP contribution in [-0.4, -0.2) is 38.1 Å². The second kappa shape index (κ2) is 4.19. The van der Waals surface area contributed by atoms with Crippen molar-refractivity contribution in [3.63, 3.8) is 0 Å². The fourth-order valence-corrected chi connectivity index (χ4v) is 2.79. The Morgan fingerprint density at radius 1 is 1.29 bits per heavy atom. The van der Waals surface area contributed by atoms with Crippen LogP contribution in [0.25, 0.3) is 0 Å². The fourth-order valence-electron chi connectivity index (χ4n) is 2.79. The van der Waals surface area contributed by atoms with Crippen LogP contribution in [-0.2, 0) is 0 Å². The number of nitrogens with one attached hydrogen (secondary N) is 1. The molecule has 0 aromatic carbocycles. The Labute approximate surface area is 88.1 Å². The third kappa shape index (κ3) is 2.12. The Balaban J connectivity index is 1.71. The van der Waals surface area contributed by atoms with Gasteiger partial charge in [-0.2, -0.15) is 0 Å². The summed E-state index contributed by atoms with van der Waals surface area (Å²) < 4.78 is 0. The first-order chi connectivity index (χ1) is 6.72. The summed E-state index contributed by atoms with van der Waals surface area (Å²) in [6.07, 6.45) is 4.31. The van der Waals surface area contributed by atoms with Crippen LogP contribution in [0.15, 0.2) is 0 Å². The van der Waals surface area contributed by atoms with Crippen LogP contribution < -0.4 is 5.32 Å². The molecule has 1 N–H and O–H groups in total. The van der Waals surface area contributed by atoms with E-state index in [0.717, 1.165) is 23.8 Å². The molecule has 0 heterocycles. The van der Waals surface area contributed by atoms with Crippen molar-refractivity contribution in [3.8, 4) is 0 Å². The molecular formula is C12H24N2. The van der Waals surface area contributed by atoms with E-state index in [1.54, 1.807) is 0 Å². The van der Waals surface area contributed by atoms with Crippen LogP contribution in [0.1, 0.15) is 26.2 Å². The highest BCUT2D eigenvalue weighted by atomic mass is 15.2. The van der Waals surface area contributed by atoms with E-state index in [-0.39, 0.29) is 0 Å². The Morgan fingerprint density at radius 2 is 2.00 bits per heavy atom. The van der Waals surface area contributed by atoms with Crippen molar-refractivity contribution in [1.82, 2.24) is 10.2 Å². The number of hydrogen-bond acceptors (Lipinski definition) is 2. The quantitative estimate of drug-likeness (QED) is 0.718. The van der Waals surface area contributed by atoms with E-state index in [9.17, 15) is 0 Å². The van der Waals surface area contributed by atoms with E-state index in [1.807, 2.05) is 0 Å². The van der Waals surface area contributed by atoms with Gasteiger partial charge < -0.3 is 10.2 Å². The second-order valence-electron chi connectivity index (χ2n) is 5.38. The summed E-state index contributed by atoms with van der Waals surface area (Å²) in [6, 6.07) is 0.871. The molecule has 0 aromatic heterocycles. The zero-order chi connectivity index (χ0) is 10.1. The Hall–Kier alpha value is -0.0800. The third-order valence-corrected chi connectivity index (χ3v) is 4.21. The predicted octanol–water partition coefficient (Wildman–Crippen LogP) is 1.57. The van der Waals surface area contributed by atoms with Crippen LogP contribution in [0.2, 0.25) is 0 Å². The van der Waals surface area contributed by atoms with Crippen LogP contribution in [0.3, 0.4) is 0 Å². The molecule has 2 heteroatoms. The number of hydrogen-bond donors (Lipinski definition) is 1. The van der Waals surface area contributed by atoms with Gasteiger partial charge in [0.05, 0.1) is 0 Å². The van der Waals surface area contributed by atoms with Gasteiger partial charge in [-0.1, -0.05) is 6.92 Å². The van der Waals surface area contributed by atoms with Crippen LogP contribution in [0.4, 0.5) is 0 Å². The number of nitrogens with zero attached hydrogens (tertiary/aromatic N) is 1. The summed E-state index contributed by atoms with van der Waals surface area (Å²) in [6.45, 7) is 4.92. The summed E-state index contributed by atoms with van der Waals surface area (Å²) in [5.41, 5.74) is 0. The highest BCUT2D eigenvalue weighted by Gasteiger charge is 2.38. The molecule has 4 atom stereocenters. The van der Waals surface area contributed by atoms with Crippen molar-refractivity contribution in [2.45, 2.75) is 32.2 Å². The van der Waals surface area contributed by atoms with Gasteiger partial charge in [0.25, 0.3) is 0 Å². The minimum atomic E-state index is 0.871. The molecule has 0 radical (unpaired) electrons. The summed E-state index contributed by atoms with van der Waals surface area (Å²) in [5.74, 6) is 2.93. The molecule has 82 valence electrons. The lowest BCUT2D eigenvalue weighted by Crippen LogP contribution is -2.49. The topological polar surface area (TPSA) is 15.3 Å². The molecule has 2 saturated carbocycles. The van der Waals surface area contributed by atoms with Crippen molar-refractivity contribution in [3.05, 3.63) is 0 Å². The van der Waals surface area contributed by atoms with Crippen molar-refractivity contribution >= 4 is 0 Å². The molecule has 2 fully saturated rings. The Kier molecular flexibility index (Phi) is 3.13. The highest BCUT2D eigenvalue weighted by Crippen LogP contribution is 2.40. The average molecular weight is 196 g/mol. The van der Waals surface area contributed by atoms with Gasteiger partial charge in [0.2, 0.25) is 0 Å². The molecule has 4 unspecified atom stereocenters. The largest absolute Gasteiger partial charge is 0.319 e. The first kappa shape index (κ1) is 10.4. The van der Waals surface area contributed by atoms with Gasteiger partial charge in [-0.15, -0.1) is 0 Å². The molecule has 14 heavy (non-hydrogen) atoms. The summed E-state index contributed by atoms with van der Waals surface area (Å²) in [7, 11) is 4.38. The van der Waals surface area contributed by atoms with Gasteiger partial charge >= 0.3 is 0 Å². The summed E-state index contributed by atoms with van der Waals surface area (Å²) in [4.78, 5) is 2.61. The van der Waals surface area contributed by atoms with Gasteiger partial charge in [-0.25, -0.2) is 0 Å². The number of rotatable bonds is 5. The summed E-state index contributed by atoms with van der Waals surface area (Å²) in [5, 5.41) is 3.31.